The molecule has 1 saturated heterocycles. The van der Waals surface area contributed by atoms with Crippen molar-refractivity contribution in [3.05, 3.63) is 0 Å². The van der Waals surface area contributed by atoms with E-state index in [1.807, 2.05) is 13.8 Å². The number of ketones is 1. The molecule has 2 N–H and O–H groups in total. The van der Waals surface area contributed by atoms with Gasteiger partial charge in [0.15, 0.2) is 0 Å². The zero-order chi connectivity index (χ0) is 19.7. The van der Waals surface area contributed by atoms with E-state index in [0.29, 0.717) is 31.8 Å². The second kappa shape index (κ2) is 11.1. The molecular formula is C18H31NO7. The number of carboxylic acid groups (broad SMARTS) is 1. The van der Waals surface area contributed by atoms with E-state index in [-0.39, 0.29) is 24.9 Å². The third-order valence-electron chi connectivity index (χ3n) is 4.10. The first-order valence-corrected chi connectivity index (χ1v) is 9.13. The number of cyclic esters (lactones) is 1. The van der Waals surface area contributed by atoms with Gasteiger partial charge in [0.1, 0.15) is 24.0 Å². The Balaban J connectivity index is 2.88. The number of hydrogen-bond donors (Lipinski definition) is 2. The number of ether oxygens (including phenoxy) is 3. The summed E-state index contributed by atoms with van der Waals surface area (Å²) < 4.78 is 17.3. The Morgan fingerprint density at radius 2 is 2.00 bits per heavy atom. The van der Waals surface area contributed by atoms with Gasteiger partial charge in [-0.05, 0) is 39.0 Å². The Morgan fingerprint density at radius 1 is 1.31 bits per heavy atom. The number of hydrogen-bond acceptors (Lipinski definition) is 6. The molecule has 4 atom stereocenters. The van der Waals surface area contributed by atoms with Crippen LogP contribution in [0.1, 0.15) is 53.4 Å². The molecular weight excluding hydrogens is 342 g/mol. The van der Waals surface area contributed by atoms with Gasteiger partial charge in [-0.1, -0.05) is 13.8 Å². The van der Waals surface area contributed by atoms with Crippen molar-refractivity contribution >= 4 is 17.8 Å². The van der Waals surface area contributed by atoms with E-state index in [0.717, 1.165) is 0 Å². The Morgan fingerprint density at radius 3 is 2.58 bits per heavy atom. The van der Waals surface area contributed by atoms with Gasteiger partial charge in [0.05, 0.1) is 12.7 Å². The summed E-state index contributed by atoms with van der Waals surface area (Å²) in [7, 11) is 0. The summed E-state index contributed by atoms with van der Waals surface area (Å²) in [4.78, 5) is 34.3. The minimum Gasteiger partial charge on any atom is -0.465 e. The average molecular weight is 373 g/mol. The lowest BCUT2D eigenvalue weighted by Gasteiger charge is -2.31. The monoisotopic (exact) mass is 373 g/mol. The van der Waals surface area contributed by atoms with Crippen LogP contribution in [0.4, 0.5) is 4.79 Å². The highest BCUT2D eigenvalue weighted by Gasteiger charge is 2.35. The summed E-state index contributed by atoms with van der Waals surface area (Å²) in [5.74, 6) is -0.271. The molecule has 0 aromatic carbocycles. The SMILES string of the molecule is CC(=O)CCO[C@H]1[C@H](C)OC(=O)[C@@H](NC(=O)O)CCC[C@@H]1OCC(C)C. The summed E-state index contributed by atoms with van der Waals surface area (Å²) in [6.45, 7) is 8.03. The first-order chi connectivity index (χ1) is 12.2. The molecule has 8 heteroatoms. The van der Waals surface area contributed by atoms with Crippen molar-refractivity contribution in [2.45, 2.75) is 77.7 Å². The van der Waals surface area contributed by atoms with Crippen LogP contribution in [0.15, 0.2) is 0 Å². The van der Waals surface area contributed by atoms with Crippen LogP contribution in [0.2, 0.25) is 0 Å². The van der Waals surface area contributed by atoms with Crippen LogP contribution in [0.25, 0.3) is 0 Å². The molecule has 1 amide bonds. The quantitative estimate of drug-likeness (QED) is 0.627. The summed E-state index contributed by atoms with van der Waals surface area (Å²) >= 11 is 0. The molecule has 0 aliphatic carbocycles. The number of rotatable bonds is 8. The first kappa shape index (κ1) is 22.4. The molecule has 1 fully saturated rings. The maximum atomic E-state index is 12.3. The molecule has 0 unspecified atom stereocenters. The normalized spacial score (nSPS) is 27.2. The van der Waals surface area contributed by atoms with Crippen molar-refractivity contribution in [2.24, 2.45) is 5.92 Å². The van der Waals surface area contributed by atoms with Crippen molar-refractivity contribution in [1.29, 1.82) is 0 Å². The highest BCUT2D eigenvalue weighted by molar-refractivity contribution is 5.80. The van der Waals surface area contributed by atoms with Gasteiger partial charge in [0.25, 0.3) is 0 Å². The molecule has 1 aliphatic heterocycles. The highest BCUT2D eigenvalue weighted by atomic mass is 16.6. The Bertz CT molecular complexity index is 480. The molecule has 8 nitrogen and oxygen atoms in total. The molecule has 0 bridgehead atoms. The van der Waals surface area contributed by atoms with Gasteiger partial charge in [-0.25, -0.2) is 9.59 Å². The fourth-order valence-corrected chi connectivity index (χ4v) is 2.80. The van der Waals surface area contributed by atoms with Crippen LogP contribution in [-0.4, -0.2) is 60.5 Å². The zero-order valence-electron chi connectivity index (χ0n) is 16.0. The number of esters is 1. The number of Topliss-reactive ketones (excluding diaryl/α,β-unsaturated/α-hetero) is 1. The number of amides is 1. The third-order valence-corrected chi connectivity index (χ3v) is 4.10. The Hall–Kier alpha value is -1.67. The predicted octanol–water partition coefficient (Wildman–Crippen LogP) is 2.14. The first-order valence-electron chi connectivity index (χ1n) is 9.13. The summed E-state index contributed by atoms with van der Waals surface area (Å²) in [6, 6.07) is -0.906. The van der Waals surface area contributed by atoms with E-state index >= 15 is 0 Å². The topological polar surface area (TPSA) is 111 Å². The molecule has 0 saturated carbocycles. The van der Waals surface area contributed by atoms with Gasteiger partial charge in [-0.3, -0.25) is 4.79 Å². The van der Waals surface area contributed by atoms with Crippen LogP contribution in [0, 0.1) is 5.92 Å². The predicted molar refractivity (Wildman–Crippen MR) is 94.0 cm³/mol. The minimum absolute atomic E-state index is 0.0167. The lowest BCUT2D eigenvalue weighted by atomic mass is 10.0. The zero-order valence-corrected chi connectivity index (χ0v) is 16.0. The molecule has 0 aromatic rings. The van der Waals surface area contributed by atoms with Gasteiger partial charge in [0.2, 0.25) is 0 Å². The Kier molecular flexibility index (Phi) is 9.58. The van der Waals surface area contributed by atoms with Crippen LogP contribution < -0.4 is 5.32 Å². The fraction of sp³-hybridized carbons (Fsp3) is 0.833. The van der Waals surface area contributed by atoms with Crippen LogP contribution in [0.3, 0.4) is 0 Å². The summed E-state index contributed by atoms with van der Waals surface area (Å²) in [5.41, 5.74) is 0. The minimum atomic E-state index is -1.26. The van der Waals surface area contributed by atoms with E-state index in [2.05, 4.69) is 5.32 Å². The second-order valence-corrected chi connectivity index (χ2v) is 7.13. The number of nitrogens with one attached hydrogen (secondary N) is 1. The lowest BCUT2D eigenvalue weighted by molar-refractivity contribution is -0.169. The average Bonchev–Trinajstić information content (AvgIpc) is 2.57. The maximum Gasteiger partial charge on any atom is 0.405 e. The van der Waals surface area contributed by atoms with E-state index < -0.39 is 30.3 Å². The van der Waals surface area contributed by atoms with Crippen LogP contribution in [0.5, 0.6) is 0 Å². The number of carbonyl (C=O) groups excluding carboxylic acids is 2. The summed E-state index contributed by atoms with van der Waals surface area (Å²) in [6.07, 6.45) is -0.894. The van der Waals surface area contributed by atoms with Gasteiger partial charge in [-0.15, -0.1) is 0 Å². The maximum absolute atomic E-state index is 12.3. The van der Waals surface area contributed by atoms with Crippen LogP contribution >= 0.6 is 0 Å². The van der Waals surface area contributed by atoms with Gasteiger partial charge in [-0.2, -0.15) is 0 Å². The molecule has 26 heavy (non-hydrogen) atoms. The van der Waals surface area contributed by atoms with E-state index in [9.17, 15) is 14.4 Å². The molecule has 1 rings (SSSR count). The van der Waals surface area contributed by atoms with Gasteiger partial charge in [0, 0.05) is 13.0 Å². The third kappa shape index (κ3) is 8.14. The van der Waals surface area contributed by atoms with Crippen LogP contribution in [-0.2, 0) is 23.8 Å². The second-order valence-electron chi connectivity index (χ2n) is 7.13. The largest absolute Gasteiger partial charge is 0.465 e. The van der Waals surface area contributed by atoms with Crippen molar-refractivity contribution < 1.29 is 33.7 Å². The lowest BCUT2D eigenvalue weighted by Crippen LogP contribution is -2.45. The standard InChI is InChI=1S/C18H31NO7/c1-11(2)10-25-15-7-5-6-14(19-18(22)23)17(21)26-13(4)16(15)24-9-8-12(3)20/h11,13-16,19H,5-10H2,1-4H3,(H,22,23)/t13-,14-,15-,16-/m0/s1. The van der Waals surface area contributed by atoms with Crippen molar-refractivity contribution in [3.63, 3.8) is 0 Å². The molecule has 0 spiro atoms. The molecule has 150 valence electrons. The summed E-state index contributed by atoms with van der Waals surface area (Å²) in [5, 5.41) is 11.1. The van der Waals surface area contributed by atoms with Gasteiger partial charge >= 0.3 is 12.1 Å². The van der Waals surface area contributed by atoms with E-state index in [1.54, 1.807) is 6.92 Å². The van der Waals surface area contributed by atoms with Crippen molar-refractivity contribution in [2.75, 3.05) is 13.2 Å². The van der Waals surface area contributed by atoms with E-state index in [1.165, 1.54) is 6.92 Å². The fourth-order valence-electron chi connectivity index (χ4n) is 2.80. The van der Waals surface area contributed by atoms with Crippen molar-refractivity contribution in [3.8, 4) is 0 Å². The molecule has 0 radical (unpaired) electrons. The van der Waals surface area contributed by atoms with Gasteiger partial charge < -0.3 is 24.6 Å². The smallest absolute Gasteiger partial charge is 0.405 e. The number of carbonyl (C=O) groups is 3. The van der Waals surface area contributed by atoms with E-state index in [4.69, 9.17) is 19.3 Å². The molecule has 0 aromatic heterocycles. The highest BCUT2D eigenvalue weighted by Crippen LogP contribution is 2.22. The Labute approximate surface area is 154 Å². The molecule has 1 aliphatic rings. The van der Waals surface area contributed by atoms with Crippen molar-refractivity contribution in [1.82, 2.24) is 5.32 Å². The molecule has 1 heterocycles.